The highest BCUT2D eigenvalue weighted by Crippen LogP contribution is 2.39. The number of halogens is 3. The van der Waals surface area contributed by atoms with Crippen molar-refractivity contribution in [3.05, 3.63) is 35.7 Å². The van der Waals surface area contributed by atoms with Crippen LogP contribution in [-0.4, -0.2) is 14.8 Å². The van der Waals surface area contributed by atoms with Gasteiger partial charge in [-0.1, -0.05) is 0 Å². The van der Waals surface area contributed by atoms with Crippen molar-refractivity contribution in [1.82, 2.24) is 14.8 Å². The first-order valence-corrected chi connectivity index (χ1v) is 6.19. The van der Waals surface area contributed by atoms with Gasteiger partial charge in [-0.25, -0.2) is 8.78 Å². The molecule has 0 atom stereocenters. The fraction of sp³-hybridized carbons (Fsp3) is 0.333. The molecule has 6 heteroatoms. The zero-order valence-corrected chi connectivity index (χ0v) is 10.2. The van der Waals surface area contributed by atoms with Crippen molar-refractivity contribution in [2.24, 2.45) is 0 Å². The molecule has 1 heterocycles. The molecule has 1 aliphatic carbocycles. The lowest BCUT2D eigenvalue weighted by atomic mass is 10.2. The maximum Gasteiger partial charge on any atom is 0.167 e. The molecule has 18 heavy (non-hydrogen) atoms. The Labute approximate surface area is 107 Å². The van der Waals surface area contributed by atoms with Crippen LogP contribution in [0, 0.1) is 11.6 Å². The van der Waals surface area contributed by atoms with Crippen LogP contribution in [0.5, 0.6) is 0 Å². The van der Waals surface area contributed by atoms with Gasteiger partial charge in [-0.15, -0.1) is 21.8 Å². The molecule has 1 aliphatic rings. The zero-order valence-electron chi connectivity index (χ0n) is 9.41. The minimum absolute atomic E-state index is 0.130. The van der Waals surface area contributed by atoms with E-state index in [1.165, 1.54) is 0 Å². The molecule has 2 aromatic rings. The quantitative estimate of drug-likeness (QED) is 0.801. The maximum absolute atomic E-state index is 13.8. The second-order valence-corrected chi connectivity index (χ2v) is 4.57. The van der Waals surface area contributed by atoms with Crippen LogP contribution in [0.25, 0.3) is 11.4 Å². The van der Waals surface area contributed by atoms with E-state index in [0.717, 1.165) is 31.0 Å². The van der Waals surface area contributed by atoms with Crippen molar-refractivity contribution < 1.29 is 8.78 Å². The van der Waals surface area contributed by atoms with E-state index in [1.54, 1.807) is 0 Å². The van der Waals surface area contributed by atoms with Crippen molar-refractivity contribution in [3.63, 3.8) is 0 Å². The van der Waals surface area contributed by atoms with Gasteiger partial charge in [0.05, 0.1) is 11.4 Å². The van der Waals surface area contributed by atoms with Crippen molar-refractivity contribution in [1.29, 1.82) is 0 Å². The van der Waals surface area contributed by atoms with E-state index in [4.69, 9.17) is 11.6 Å². The van der Waals surface area contributed by atoms with Crippen molar-refractivity contribution in [2.45, 2.75) is 24.8 Å². The van der Waals surface area contributed by atoms with Crippen LogP contribution < -0.4 is 0 Å². The Morgan fingerprint density at radius 1 is 1.28 bits per heavy atom. The highest BCUT2D eigenvalue weighted by molar-refractivity contribution is 6.16. The molecule has 0 saturated heterocycles. The summed E-state index contributed by atoms with van der Waals surface area (Å²) in [5.41, 5.74) is 0.130. The molecule has 0 bridgehead atoms. The van der Waals surface area contributed by atoms with Gasteiger partial charge in [0.25, 0.3) is 0 Å². The first-order chi connectivity index (χ1) is 8.70. The minimum Gasteiger partial charge on any atom is -0.307 e. The Bertz CT molecular complexity index is 593. The van der Waals surface area contributed by atoms with E-state index < -0.39 is 11.6 Å². The molecule has 0 aliphatic heterocycles. The van der Waals surface area contributed by atoms with Gasteiger partial charge in [-0.05, 0) is 31.0 Å². The van der Waals surface area contributed by atoms with Gasteiger partial charge < -0.3 is 4.57 Å². The Morgan fingerprint density at radius 3 is 2.72 bits per heavy atom. The monoisotopic (exact) mass is 269 g/mol. The summed E-state index contributed by atoms with van der Waals surface area (Å²) in [5.74, 6) is 0.152. The van der Waals surface area contributed by atoms with Crippen LogP contribution in [0.1, 0.15) is 24.7 Å². The smallest absolute Gasteiger partial charge is 0.167 e. The van der Waals surface area contributed by atoms with Crippen LogP contribution in [-0.2, 0) is 5.88 Å². The second-order valence-electron chi connectivity index (χ2n) is 4.30. The van der Waals surface area contributed by atoms with Crippen molar-refractivity contribution in [2.75, 3.05) is 0 Å². The summed E-state index contributed by atoms with van der Waals surface area (Å²) < 4.78 is 28.8. The standard InChI is InChI=1S/C12H10ClF2N3/c13-6-11-16-17-12(18(11)8-2-3-8)9-5-7(14)1-4-10(9)15/h1,4-5,8H,2-3,6H2. The normalized spacial score (nSPS) is 15.1. The van der Waals surface area contributed by atoms with E-state index in [-0.39, 0.29) is 17.5 Å². The molecule has 0 spiro atoms. The van der Waals surface area contributed by atoms with Gasteiger partial charge in [0.1, 0.15) is 17.5 Å². The Balaban J connectivity index is 2.16. The summed E-state index contributed by atoms with van der Waals surface area (Å²) in [5, 5.41) is 7.88. The van der Waals surface area contributed by atoms with E-state index >= 15 is 0 Å². The number of nitrogens with zero attached hydrogens (tertiary/aromatic N) is 3. The average molecular weight is 270 g/mol. The lowest BCUT2D eigenvalue weighted by Gasteiger charge is -2.08. The Morgan fingerprint density at radius 2 is 2.06 bits per heavy atom. The summed E-state index contributed by atoms with van der Waals surface area (Å²) in [4.78, 5) is 0. The Kier molecular flexibility index (Phi) is 2.78. The molecular weight excluding hydrogens is 260 g/mol. The molecule has 0 unspecified atom stereocenters. The number of alkyl halides is 1. The zero-order chi connectivity index (χ0) is 12.7. The fourth-order valence-corrected chi connectivity index (χ4v) is 2.17. The molecule has 1 aromatic heterocycles. The van der Waals surface area contributed by atoms with Crippen LogP contribution in [0.3, 0.4) is 0 Å². The number of hydrogen-bond acceptors (Lipinski definition) is 2. The second kappa shape index (κ2) is 4.31. The third kappa shape index (κ3) is 1.88. The predicted molar refractivity (Wildman–Crippen MR) is 63.2 cm³/mol. The highest BCUT2D eigenvalue weighted by atomic mass is 35.5. The average Bonchev–Trinajstić information content (AvgIpc) is 3.12. The fourth-order valence-electron chi connectivity index (χ4n) is 1.98. The van der Waals surface area contributed by atoms with Crippen LogP contribution in [0.15, 0.2) is 18.2 Å². The predicted octanol–water partition coefficient (Wildman–Crippen LogP) is 3.30. The summed E-state index contributed by atoms with van der Waals surface area (Å²) in [6.45, 7) is 0. The van der Waals surface area contributed by atoms with Crippen LogP contribution in [0.2, 0.25) is 0 Å². The largest absolute Gasteiger partial charge is 0.307 e. The molecule has 3 rings (SSSR count). The summed E-state index contributed by atoms with van der Waals surface area (Å²) >= 11 is 5.78. The summed E-state index contributed by atoms with van der Waals surface area (Å²) in [7, 11) is 0. The summed E-state index contributed by atoms with van der Waals surface area (Å²) in [6, 6.07) is 3.57. The van der Waals surface area contributed by atoms with Crippen LogP contribution in [0.4, 0.5) is 8.78 Å². The van der Waals surface area contributed by atoms with Gasteiger partial charge in [0, 0.05) is 6.04 Å². The molecule has 0 radical (unpaired) electrons. The van der Waals surface area contributed by atoms with E-state index in [1.807, 2.05) is 4.57 Å². The maximum atomic E-state index is 13.8. The first-order valence-electron chi connectivity index (χ1n) is 5.66. The van der Waals surface area contributed by atoms with Crippen LogP contribution >= 0.6 is 11.6 Å². The number of aromatic nitrogens is 3. The molecule has 94 valence electrons. The molecule has 0 N–H and O–H groups in total. The van der Waals surface area contributed by atoms with E-state index in [2.05, 4.69) is 10.2 Å². The van der Waals surface area contributed by atoms with Gasteiger partial charge in [0.15, 0.2) is 5.82 Å². The number of rotatable bonds is 3. The number of hydrogen-bond donors (Lipinski definition) is 0. The molecule has 3 nitrogen and oxygen atoms in total. The molecule has 0 amide bonds. The van der Waals surface area contributed by atoms with Crippen molar-refractivity contribution >= 4 is 11.6 Å². The third-order valence-corrected chi connectivity index (χ3v) is 3.21. The third-order valence-electron chi connectivity index (χ3n) is 2.97. The van der Waals surface area contributed by atoms with Gasteiger partial charge in [-0.3, -0.25) is 0 Å². The Hall–Kier alpha value is -1.49. The molecule has 1 fully saturated rings. The SMILES string of the molecule is Fc1ccc(F)c(-c2nnc(CCl)n2C2CC2)c1. The van der Waals surface area contributed by atoms with E-state index in [0.29, 0.717) is 11.6 Å². The van der Waals surface area contributed by atoms with E-state index in [9.17, 15) is 8.78 Å². The number of benzene rings is 1. The van der Waals surface area contributed by atoms with Gasteiger partial charge >= 0.3 is 0 Å². The van der Waals surface area contributed by atoms with Gasteiger partial charge in [-0.2, -0.15) is 0 Å². The highest BCUT2D eigenvalue weighted by Gasteiger charge is 2.30. The topological polar surface area (TPSA) is 30.7 Å². The van der Waals surface area contributed by atoms with Crippen molar-refractivity contribution in [3.8, 4) is 11.4 Å². The summed E-state index contributed by atoms with van der Waals surface area (Å²) in [6.07, 6.45) is 1.98. The minimum atomic E-state index is -0.508. The molecule has 1 aromatic carbocycles. The molecular formula is C12H10ClF2N3. The lowest BCUT2D eigenvalue weighted by Crippen LogP contribution is -2.03. The first kappa shape index (κ1) is 11.6. The van der Waals surface area contributed by atoms with Gasteiger partial charge in [0.2, 0.25) is 0 Å². The lowest BCUT2D eigenvalue weighted by molar-refractivity contribution is 0.599. The molecule has 1 saturated carbocycles.